The third-order valence-electron chi connectivity index (χ3n) is 6.36. The minimum atomic E-state index is -4.54. The van der Waals surface area contributed by atoms with Gasteiger partial charge in [0.1, 0.15) is 11.5 Å². The van der Waals surface area contributed by atoms with E-state index in [0.717, 1.165) is 37.4 Å². The second-order valence-corrected chi connectivity index (χ2v) is 8.66. The van der Waals surface area contributed by atoms with Crippen LogP contribution in [0.3, 0.4) is 0 Å². The number of hydrogen-bond donors (Lipinski definition) is 1. The molecule has 3 aromatic heterocycles. The number of nitrogens with one attached hydrogen (secondary N) is 1. The van der Waals surface area contributed by atoms with E-state index in [-0.39, 0.29) is 29.7 Å². The van der Waals surface area contributed by atoms with Crippen molar-refractivity contribution in [2.45, 2.75) is 44.4 Å². The second-order valence-electron chi connectivity index (χ2n) is 8.66. The van der Waals surface area contributed by atoms with Gasteiger partial charge in [-0.05, 0) is 50.3 Å². The van der Waals surface area contributed by atoms with E-state index in [1.165, 1.54) is 0 Å². The Morgan fingerprint density at radius 2 is 1.88 bits per heavy atom. The molecule has 1 amide bonds. The summed E-state index contributed by atoms with van der Waals surface area (Å²) in [6.07, 6.45) is 3.06. The zero-order chi connectivity index (χ0) is 23.9. The number of halogens is 3. The topological polar surface area (TPSA) is 96.8 Å². The largest absolute Gasteiger partial charge is 0.434 e. The maximum Gasteiger partial charge on any atom is 0.434 e. The number of carbonyl (C=O) groups is 1. The predicted octanol–water partition coefficient (Wildman–Crippen LogP) is 3.76. The highest BCUT2D eigenvalue weighted by Crippen LogP contribution is 2.38. The summed E-state index contributed by atoms with van der Waals surface area (Å²) in [6, 6.07) is 4.97. The fraction of sp³-hybridized carbons (Fsp3) is 0.391. The van der Waals surface area contributed by atoms with E-state index >= 15 is 0 Å². The molecule has 0 spiro atoms. The molecular weight excluding hydrogens is 447 g/mol. The van der Waals surface area contributed by atoms with Crippen LogP contribution in [0, 0.1) is 12.8 Å². The molecule has 3 unspecified atom stereocenters. The van der Waals surface area contributed by atoms with Gasteiger partial charge in [-0.3, -0.25) is 4.79 Å². The first kappa shape index (κ1) is 22.2. The van der Waals surface area contributed by atoms with Crippen molar-refractivity contribution < 1.29 is 18.0 Å². The quantitative estimate of drug-likeness (QED) is 0.621. The Morgan fingerprint density at radius 1 is 1.09 bits per heavy atom. The van der Waals surface area contributed by atoms with E-state index in [0.29, 0.717) is 23.6 Å². The number of piperidine rings is 2. The number of alkyl halides is 3. The van der Waals surface area contributed by atoms with Crippen LogP contribution in [-0.2, 0) is 6.18 Å². The summed E-state index contributed by atoms with van der Waals surface area (Å²) < 4.78 is 38.4. The Labute approximate surface area is 193 Å². The lowest BCUT2D eigenvalue weighted by Gasteiger charge is -2.50. The van der Waals surface area contributed by atoms with Gasteiger partial charge in [-0.2, -0.15) is 13.2 Å². The molecule has 3 fully saturated rings. The van der Waals surface area contributed by atoms with Crippen LogP contribution in [0.25, 0.3) is 11.5 Å². The molecule has 8 nitrogen and oxygen atoms in total. The highest BCUT2D eigenvalue weighted by atomic mass is 19.4. The van der Waals surface area contributed by atoms with Crippen LogP contribution in [0.15, 0.2) is 43.0 Å². The van der Waals surface area contributed by atoms with E-state index in [9.17, 15) is 18.0 Å². The molecule has 2 bridgehead atoms. The molecule has 2 aliphatic heterocycles. The van der Waals surface area contributed by atoms with Gasteiger partial charge in [-0.1, -0.05) is 0 Å². The van der Waals surface area contributed by atoms with E-state index in [1.807, 2.05) is 11.8 Å². The number of fused-ring (bicyclic) bond motifs is 3. The molecule has 0 radical (unpaired) electrons. The molecule has 3 atom stereocenters. The molecule has 1 aliphatic carbocycles. The third kappa shape index (κ3) is 4.29. The summed E-state index contributed by atoms with van der Waals surface area (Å²) in [5, 5.41) is 3.21. The van der Waals surface area contributed by atoms with Crippen molar-refractivity contribution in [1.29, 1.82) is 0 Å². The Morgan fingerprint density at radius 3 is 2.56 bits per heavy atom. The predicted molar refractivity (Wildman–Crippen MR) is 117 cm³/mol. The lowest BCUT2D eigenvalue weighted by molar-refractivity contribution is -0.141. The van der Waals surface area contributed by atoms with Crippen molar-refractivity contribution in [3.05, 3.63) is 59.9 Å². The van der Waals surface area contributed by atoms with Crippen molar-refractivity contribution in [3.63, 3.8) is 0 Å². The molecule has 3 aliphatic rings. The first-order chi connectivity index (χ1) is 16.3. The van der Waals surface area contributed by atoms with Crippen molar-refractivity contribution in [2.75, 3.05) is 11.9 Å². The van der Waals surface area contributed by atoms with Crippen LogP contribution in [0.4, 0.5) is 19.0 Å². The van der Waals surface area contributed by atoms with Crippen molar-refractivity contribution in [2.24, 2.45) is 5.92 Å². The molecule has 6 rings (SSSR count). The average Bonchev–Trinajstić information content (AvgIpc) is 2.84. The number of amides is 1. The maximum atomic E-state index is 13.7. The zero-order valence-electron chi connectivity index (χ0n) is 18.3. The summed E-state index contributed by atoms with van der Waals surface area (Å²) >= 11 is 0. The first-order valence-corrected chi connectivity index (χ1v) is 11.0. The molecule has 176 valence electrons. The van der Waals surface area contributed by atoms with Gasteiger partial charge in [0.25, 0.3) is 5.91 Å². The third-order valence-corrected chi connectivity index (χ3v) is 6.36. The fourth-order valence-corrected chi connectivity index (χ4v) is 4.80. The first-order valence-electron chi connectivity index (χ1n) is 11.0. The number of carbonyl (C=O) groups excluding carboxylic acids is 1. The Hall–Kier alpha value is -3.63. The summed E-state index contributed by atoms with van der Waals surface area (Å²) in [4.78, 5) is 36.0. The summed E-state index contributed by atoms with van der Waals surface area (Å²) in [7, 11) is 0. The number of anilines is 1. The van der Waals surface area contributed by atoms with Crippen LogP contribution < -0.4 is 5.32 Å². The van der Waals surface area contributed by atoms with E-state index in [1.54, 1.807) is 30.6 Å². The molecule has 2 saturated heterocycles. The van der Waals surface area contributed by atoms with Crippen LogP contribution in [0.5, 0.6) is 0 Å². The molecule has 0 aromatic carbocycles. The Bertz CT molecular complexity index is 1190. The Kier molecular flexibility index (Phi) is 5.62. The van der Waals surface area contributed by atoms with Gasteiger partial charge >= 0.3 is 6.18 Å². The monoisotopic (exact) mass is 469 g/mol. The molecule has 11 heteroatoms. The fourth-order valence-electron chi connectivity index (χ4n) is 4.80. The second kappa shape index (κ2) is 8.62. The van der Waals surface area contributed by atoms with Crippen molar-refractivity contribution in [1.82, 2.24) is 29.8 Å². The maximum absolute atomic E-state index is 13.7. The van der Waals surface area contributed by atoms with Crippen molar-refractivity contribution >= 4 is 11.7 Å². The number of aromatic nitrogens is 5. The minimum absolute atomic E-state index is 0.132. The summed E-state index contributed by atoms with van der Waals surface area (Å²) in [5.74, 6) is 0.762. The number of aryl methyl sites for hydroxylation is 1. The van der Waals surface area contributed by atoms with Gasteiger partial charge in [0.2, 0.25) is 0 Å². The number of hydrogen-bond acceptors (Lipinski definition) is 7. The van der Waals surface area contributed by atoms with Crippen LogP contribution >= 0.6 is 0 Å². The van der Waals surface area contributed by atoms with Crippen molar-refractivity contribution in [3.8, 4) is 11.5 Å². The lowest BCUT2D eigenvalue weighted by atomic mass is 9.76. The number of pyridine rings is 1. The van der Waals surface area contributed by atoms with Gasteiger partial charge in [-0.15, -0.1) is 0 Å². The zero-order valence-corrected chi connectivity index (χ0v) is 18.3. The van der Waals surface area contributed by atoms with Crippen LogP contribution in [0.2, 0.25) is 0 Å². The summed E-state index contributed by atoms with van der Waals surface area (Å²) in [5.41, 5.74) is 0.574. The minimum Gasteiger partial charge on any atom is -0.364 e. The molecular formula is C23H22F3N7O. The van der Waals surface area contributed by atoms with Gasteiger partial charge < -0.3 is 10.2 Å². The van der Waals surface area contributed by atoms with Gasteiger partial charge in [0.15, 0.2) is 11.5 Å². The number of nitrogens with zero attached hydrogens (tertiary/aromatic N) is 6. The smallest absolute Gasteiger partial charge is 0.364 e. The molecule has 5 heterocycles. The average molecular weight is 469 g/mol. The van der Waals surface area contributed by atoms with Crippen LogP contribution in [0.1, 0.15) is 41.0 Å². The molecule has 1 N–H and O–H groups in total. The van der Waals surface area contributed by atoms with Gasteiger partial charge in [0.05, 0.1) is 24.0 Å². The normalized spacial score (nSPS) is 22.0. The molecule has 3 aromatic rings. The molecule has 34 heavy (non-hydrogen) atoms. The highest BCUT2D eigenvalue weighted by Gasteiger charge is 2.44. The molecule has 1 saturated carbocycles. The standard InChI is InChI=1S/C23H22F3N7O/c1-13-3-5-15(20(31-13)21-27-7-2-8-28-21)22(34)33-12-14-4-6-17(33)16(9-14)32-19-11-29-18(10-30-19)23(24,25)26/h2-3,5,7-8,10-11,14,16-17H,4,6,9,12H2,1H3,(H,30,32). The van der Waals surface area contributed by atoms with Crippen LogP contribution in [-0.4, -0.2) is 54.4 Å². The van der Waals surface area contributed by atoms with Gasteiger partial charge in [-0.25, -0.2) is 24.9 Å². The summed E-state index contributed by atoms with van der Waals surface area (Å²) in [6.45, 7) is 2.46. The Balaban J connectivity index is 1.40. The van der Waals surface area contributed by atoms with Gasteiger partial charge in [0, 0.05) is 30.7 Å². The number of rotatable bonds is 4. The highest BCUT2D eigenvalue weighted by molar-refractivity contribution is 5.99. The van der Waals surface area contributed by atoms with E-state index < -0.39 is 11.9 Å². The van der Waals surface area contributed by atoms with E-state index in [2.05, 4.69) is 30.2 Å². The lowest BCUT2D eigenvalue weighted by Crippen LogP contribution is -2.59. The van der Waals surface area contributed by atoms with E-state index in [4.69, 9.17) is 0 Å². The SMILES string of the molecule is Cc1ccc(C(=O)N2CC3CCC2C(Nc2cnc(C(F)(F)F)cn2)C3)c(-c2ncccn2)n1.